The smallest absolute Gasteiger partial charge is 0.387 e. The van der Waals surface area contributed by atoms with Crippen LogP contribution in [0.15, 0.2) is 15.8 Å². The van der Waals surface area contributed by atoms with Gasteiger partial charge >= 0.3 is 35.3 Å². The Morgan fingerprint density at radius 2 is 1.68 bits per heavy atom. The van der Waals surface area contributed by atoms with E-state index in [4.69, 9.17) is 19.4 Å². The molecular weight excluding hydrogens is 600 g/mol. The normalized spacial score (nSPS) is 25.8. The van der Waals surface area contributed by atoms with Gasteiger partial charge in [0.15, 0.2) is 11.7 Å². The summed E-state index contributed by atoms with van der Waals surface area (Å²) in [5.41, 5.74) is -5.48. The maximum Gasteiger partial charge on any atom is 0.490 e. The molecule has 1 aliphatic rings. The fraction of sp³-hybridized carbons (Fsp3) is 0.500. The zero-order valence-corrected chi connectivity index (χ0v) is 21.0. The summed E-state index contributed by atoms with van der Waals surface area (Å²) in [5, 5.41) is 19.9. The van der Waals surface area contributed by atoms with E-state index in [0.717, 1.165) is 6.92 Å². The van der Waals surface area contributed by atoms with Gasteiger partial charge in [-0.2, -0.15) is 26.8 Å². The lowest BCUT2D eigenvalue weighted by Gasteiger charge is -2.19. The molecule has 0 saturated carbocycles. The van der Waals surface area contributed by atoms with E-state index in [-0.39, 0.29) is 0 Å². The maximum absolute atomic E-state index is 13.1. The molecule has 2 aromatic rings. The van der Waals surface area contributed by atoms with Crippen LogP contribution >= 0.6 is 23.5 Å². The predicted molar refractivity (Wildman–Crippen MR) is 112 cm³/mol. The van der Waals surface area contributed by atoms with Crippen molar-refractivity contribution in [2.75, 3.05) is 6.61 Å². The Balaban J connectivity index is 1.84. The second-order valence-electron chi connectivity index (χ2n) is 7.58. The maximum atomic E-state index is 13.1. The van der Waals surface area contributed by atoms with Crippen LogP contribution in [0.1, 0.15) is 17.5 Å². The summed E-state index contributed by atoms with van der Waals surface area (Å²) in [6, 6.07) is 0. The van der Waals surface area contributed by atoms with Gasteiger partial charge < -0.3 is 39.5 Å². The van der Waals surface area contributed by atoms with E-state index in [1.807, 2.05) is 4.98 Å². The van der Waals surface area contributed by atoms with Crippen LogP contribution in [0.2, 0.25) is 0 Å². The van der Waals surface area contributed by atoms with Gasteiger partial charge in [0.2, 0.25) is 0 Å². The number of phosphoric acid groups is 3. The predicted octanol–water partition coefficient (Wildman–Crippen LogP) is -0.625. The highest BCUT2D eigenvalue weighted by atomic mass is 31.3. The number of pyridine rings is 1. The highest BCUT2D eigenvalue weighted by Crippen LogP contribution is 2.66. The van der Waals surface area contributed by atoms with Gasteiger partial charge in [-0.15, -0.1) is 0 Å². The molecule has 0 aliphatic carbocycles. The van der Waals surface area contributed by atoms with E-state index in [1.165, 1.54) is 0 Å². The molecule has 3 heterocycles. The van der Waals surface area contributed by atoms with Crippen LogP contribution in [0.25, 0.3) is 11.0 Å². The molecular formula is C14H17F3N3O15P3. The number of alkyl halides is 3. The Bertz CT molecular complexity index is 1500. The van der Waals surface area contributed by atoms with Crippen LogP contribution in [-0.4, -0.2) is 69.2 Å². The number of ether oxygens (including phenoxy) is 1. The van der Waals surface area contributed by atoms with Crippen molar-refractivity contribution < 1.29 is 74.5 Å². The monoisotopic (exact) mass is 617 g/mol. The molecule has 24 heteroatoms. The number of nitrogens with one attached hydrogen (secondary N) is 1. The van der Waals surface area contributed by atoms with Gasteiger partial charge in [-0.25, -0.2) is 18.5 Å². The first-order valence-corrected chi connectivity index (χ1v) is 14.2. The van der Waals surface area contributed by atoms with Crippen molar-refractivity contribution in [2.45, 2.75) is 37.6 Å². The molecule has 0 bridgehead atoms. The molecule has 0 aromatic carbocycles. The third kappa shape index (κ3) is 6.83. The highest BCUT2D eigenvalue weighted by Gasteiger charge is 2.47. The Labute approximate surface area is 206 Å². The van der Waals surface area contributed by atoms with Gasteiger partial charge in [-0.3, -0.25) is 13.9 Å². The van der Waals surface area contributed by atoms with Crippen molar-refractivity contribution in [2.24, 2.45) is 0 Å². The number of H-pyrrole nitrogens is 1. The first-order valence-electron chi connectivity index (χ1n) is 9.65. The van der Waals surface area contributed by atoms with E-state index in [2.05, 4.69) is 18.1 Å². The van der Waals surface area contributed by atoms with Gasteiger partial charge in [-0.1, -0.05) is 0 Å². The number of halogens is 3. The van der Waals surface area contributed by atoms with E-state index in [9.17, 15) is 51.6 Å². The topological polar surface area (TPSA) is 277 Å². The number of rotatable bonds is 8. The van der Waals surface area contributed by atoms with Gasteiger partial charge in [0.1, 0.15) is 29.7 Å². The van der Waals surface area contributed by atoms with Crippen LogP contribution < -0.4 is 11.1 Å². The number of aliphatic hydroxyl groups is 2. The number of nitrogens with zero attached hydrogens (tertiary/aromatic N) is 2. The molecule has 3 unspecified atom stereocenters. The molecule has 0 radical (unpaired) electrons. The van der Waals surface area contributed by atoms with Crippen LogP contribution in [-0.2, 0) is 37.8 Å². The molecule has 1 aliphatic heterocycles. The quantitative estimate of drug-likeness (QED) is 0.182. The summed E-state index contributed by atoms with van der Waals surface area (Å²) in [7, 11) is -17.1. The second-order valence-corrected chi connectivity index (χ2v) is 12.0. The number of phosphoric ester groups is 1. The van der Waals surface area contributed by atoms with Gasteiger partial charge in [0, 0.05) is 11.8 Å². The van der Waals surface area contributed by atoms with Gasteiger partial charge in [0.25, 0.3) is 0 Å². The minimum Gasteiger partial charge on any atom is -0.387 e. The Morgan fingerprint density at radius 3 is 2.24 bits per heavy atom. The molecule has 38 heavy (non-hydrogen) atoms. The Morgan fingerprint density at radius 1 is 1.08 bits per heavy atom. The standard InChI is InChI=1S/C14H17F3N3O15P3/c1-4-7(21)5-2-20(13(24)19-11(5)18-10(4)14(15,16)17)12-9(23)8(22)6(33-12)3-32-37(28,29)35-38(30,31)34-36(25,26)27/h2,6,8-9,12,22-23H,3H2,1H3,(H,28,29)(H,30,31)(H,18,19,24)(H2,25,26,27)/t6-,8?,9+,12-/m1/s1. The molecule has 18 nitrogen and oxygen atoms in total. The summed E-state index contributed by atoms with van der Waals surface area (Å²) in [5.74, 6) is 0. The van der Waals surface area contributed by atoms with Crippen LogP contribution in [0.3, 0.4) is 0 Å². The van der Waals surface area contributed by atoms with Gasteiger partial charge in [-0.05, 0) is 6.92 Å². The van der Waals surface area contributed by atoms with Crippen LogP contribution in [0, 0.1) is 6.92 Å². The number of aliphatic hydroxyl groups excluding tert-OH is 2. The van der Waals surface area contributed by atoms with Crippen molar-refractivity contribution >= 4 is 34.5 Å². The highest BCUT2D eigenvalue weighted by molar-refractivity contribution is 7.66. The number of hydrogen-bond acceptors (Lipinski definition) is 12. The summed E-state index contributed by atoms with van der Waals surface area (Å²) in [6.07, 6.45) is -11.9. The number of fused-ring (bicyclic) bond motifs is 1. The molecule has 0 amide bonds. The Hall–Kier alpha value is -1.83. The average molecular weight is 617 g/mol. The number of hydrogen-bond donors (Lipinski definition) is 7. The lowest BCUT2D eigenvalue weighted by molar-refractivity contribution is -0.141. The van der Waals surface area contributed by atoms with Crippen LogP contribution in [0.5, 0.6) is 0 Å². The molecule has 2 aromatic heterocycles. The lowest BCUT2D eigenvalue weighted by Crippen LogP contribution is -2.36. The summed E-state index contributed by atoms with van der Waals surface area (Å²) in [6.45, 7) is -0.344. The van der Waals surface area contributed by atoms with Gasteiger partial charge in [0.05, 0.1) is 12.0 Å². The molecule has 214 valence electrons. The van der Waals surface area contributed by atoms with Crippen molar-refractivity contribution in [1.82, 2.24) is 14.5 Å². The van der Waals surface area contributed by atoms with Crippen molar-refractivity contribution in [1.29, 1.82) is 0 Å². The largest absolute Gasteiger partial charge is 0.490 e. The average Bonchev–Trinajstić information content (AvgIpc) is 2.99. The van der Waals surface area contributed by atoms with Crippen molar-refractivity contribution in [3.8, 4) is 0 Å². The van der Waals surface area contributed by atoms with E-state index in [1.54, 1.807) is 0 Å². The summed E-state index contributed by atoms with van der Waals surface area (Å²) in [4.78, 5) is 65.7. The minimum absolute atomic E-state index is 0.447. The number of aromatic amines is 1. The summed E-state index contributed by atoms with van der Waals surface area (Å²) < 4.78 is 90.3. The SMILES string of the molecule is Cc1c(C(F)(F)F)[nH]c2nc(=O)n([C@@H]3O[C@H](COP(=O)(O)OP(=O)(O)OP(=O)(O)O)C(O)[C@@H]3O)cc2c1=O. The molecule has 0 spiro atoms. The molecule has 6 atom stereocenters. The first kappa shape index (κ1) is 30.7. The third-order valence-corrected chi connectivity index (χ3v) is 8.67. The van der Waals surface area contributed by atoms with E-state index >= 15 is 0 Å². The second kappa shape index (κ2) is 10.3. The molecule has 1 saturated heterocycles. The fourth-order valence-corrected chi connectivity index (χ4v) is 6.32. The lowest BCUT2D eigenvalue weighted by atomic mass is 10.1. The molecule has 7 N–H and O–H groups in total. The minimum atomic E-state index is -5.85. The fourth-order valence-electron chi connectivity index (χ4n) is 3.29. The zero-order valence-electron chi connectivity index (χ0n) is 18.3. The van der Waals surface area contributed by atoms with E-state index < -0.39 is 94.2 Å². The van der Waals surface area contributed by atoms with Crippen molar-refractivity contribution in [3.63, 3.8) is 0 Å². The van der Waals surface area contributed by atoms with Crippen molar-refractivity contribution in [3.05, 3.63) is 38.2 Å². The molecule has 1 fully saturated rings. The third-order valence-electron chi connectivity index (χ3n) is 4.87. The first-order chi connectivity index (χ1) is 17.1. The Kier molecular flexibility index (Phi) is 8.32. The molecule has 3 rings (SSSR count). The zero-order chi connectivity index (χ0) is 29.0. The number of aromatic nitrogens is 3. The summed E-state index contributed by atoms with van der Waals surface area (Å²) >= 11 is 0. The van der Waals surface area contributed by atoms with Crippen LogP contribution in [0.4, 0.5) is 13.2 Å². The van der Waals surface area contributed by atoms with E-state index in [0.29, 0.717) is 10.8 Å².